The maximum absolute atomic E-state index is 13.2. The molecule has 0 radical (unpaired) electrons. The van der Waals surface area contributed by atoms with Gasteiger partial charge in [-0.05, 0) is 55.8 Å². The Kier molecular flexibility index (Phi) is 8.31. The third-order valence-corrected chi connectivity index (χ3v) is 6.14. The summed E-state index contributed by atoms with van der Waals surface area (Å²) in [4.78, 5) is 31.3. The molecule has 1 amide bonds. The van der Waals surface area contributed by atoms with Crippen molar-refractivity contribution in [3.63, 3.8) is 0 Å². The summed E-state index contributed by atoms with van der Waals surface area (Å²) >= 11 is 0. The number of anilines is 1. The van der Waals surface area contributed by atoms with Gasteiger partial charge in [-0.15, -0.1) is 0 Å². The van der Waals surface area contributed by atoms with Crippen molar-refractivity contribution < 1.29 is 14.3 Å². The number of likely N-dealkylation sites (N-methyl/N-ethyl adjacent to an activating group) is 1. The van der Waals surface area contributed by atoms with Crippen LogP contribution in [0.2, 0.25) is 0 Å². The van der Waals surface area contributed by atoms with Gasteiger partial charge in [0.1, 0.15) is 17.2 Å². The van der Waals surface area contributed by atoms with E-state index in [4.69, 9.17) is 20.9 Å². The molecule has 5 N–H and O–H groups in total. The quantitative estimate of drug-likeness (QED) is 0.183. The fraction of sp³-hybridized carbons (Fsp3) is 0.385. The number of nitrogens with two attached hydrogens (primary N) is 1. The number of esters is 1. The Hall–Kier alpha value is -3.92. The molecule has 3 rings (SSSR count). The number of carbonyl (C=O) groups is 2. The van der Waals surface area contributed by atoms with Crippen molar-refractivity contribution in [3.8, 4) is 0 Å². The Labute approximate surface area is 211 Å². The summed E-state index contributed by atoms with van der Waals surface area (Å²) in [6, 6.07) is 13.1. The number of amidine groups is 1. The van der Waals surface area contributed by atoms with Crippen LogP contribution in [0.25, 0.3) is 11.0 Å². The molecule has 0 aliphatic carbocycles. The third-order valence-electron chi connectivity index (χ3n) is 6.14. The van der Waals surface area contributed by atoms with Gasteiger partial charge in [-0.1, -0.05) is 6.07 Å². The van der Waals surface area contributed by atoms with Crippen molar-refractivity contribution >= 4 is 34.4 Å². The lowest BCUT2D eigenvalue weighted by atomic mass is 9.90. The van der Waals surface area contributed by atoms with Crippen LogP contribution in [0, 0.1) is 5.41 Å². The van der Waals surface area contributed by atoms with Crippen LogP contribution in [-0.2, 0) is 33.5 Å². The number of hydrogen-bond acceptors (Lipinski definition) is 7. The second-order valence-electron chi connectivity index (χ2n) is 8.94. The zero-order valence-corrected chi connectivity index (χ0v) is 21.5. The number of fused-ring (bicyclic) bond motifs is 1. The van der Waals surface area contributed by atoms with Crippen LogP contribution in [0.5, 0.6) is 0 Å². The van der Waals surface area contributed by atoms with Crippen LogP contribution >= 0.6 is 0 Å². The van der Waals surface area contributed by atoms with Gasteiger partial charge in [-0.2, -0.15) is 0 Å². The molecular weight excluding hydrogens is 458 g/mol. The van der Waals surface area contributed by atoms with Crippen molar-refractivity contribution in [3.05, 3.63) is 59.4 Å². The van der Waals surface area contributed by atoms with Crippen LogP contribution in [0.3, 0.4) is 0 Å². The zero-order chi connectivity index (χ0) is 26.5. The van der Waals surface area contributed by atoms with Crippen molar-refractivity contribution in [1.29, 1.82) is 5.41 Å². The van der Waals surface area contributed by atoms with Crippen molar-refractivity contribution in [2.75, 3.05) is 32.6 Å². The number of rotatable bonds is 11. The molecule has 10 nitrogen and oxygen atoms in total. The van der Waals surface area contributed by atoms with E-state index in [1.807, 2.05) is 48.9 Å². The number of nitrogens with zero attached hydrogens (tertiary/aromatic N) is 3. The summed E-state index contributed by atoms with van der Waals surface area (Å²) in [7, 11) is 5.37. The smallest absolute Gasteiger partial charge is 0.307 e. The predicted octanol–water partition coefficient (Wildman–Crippen LogP) is 2.32. The van der Waals surface area contributed by atoms with E-state index < -0.39 is 5.54 Å². The number of ether oxygens (including phenoxy) is 1. The highest BCUT2D eigenvalue weighted by Gasteiger charge is 2.36. The van der Waals surface area contributed by atoms with Crippen molar-refractivity contribution in [2.24, 2.45) is 12.8 Å². The molecule has 192 valence electrons. The second kappa shape index (κ2) is 11.2. The lowest BCUT2D eigenvalue weighted by Crippen LogP contribution is -2.52. The van der Waals surface area contributed by atoms with Gasteiger partial charge in [-0.25, -0.2) is 4.98 Å². The van der Waals surface area contributed by atoms with Gasteiger partial charge in [0.2, 0.25) is 5.91 Å². The van der Waals surface area contributed by atoms with E-state index in [1.165, 1.54) is 4.90 Å². The van der Waals surface area contributed by atoms with E-state index in [0.29, 0.717) is 25.3 Å². The molecule has 0 spiro atoms. The highest BCUT2D eigenvalue weighted by Crippen LogP contribution is 2.27. The molecule has 2 aromatic carbocycles. The number of aromatic nitrogens is 2. The summed E-state index contributed by atoms with van der Waals surface area (Å²) in [6.45, 7) is 4.70. The van der Waals surface area contributed by atoms with Crippen molar-refractivity contribution in [2.45, 2.75) is 32.4 Å². The van der Waals surface area contributed by atoms with E-state index in [1.54, 1.807) is 33.2 Å². The Balaban J connectivity index is 1.83. The van der Waals surface area contributed by atoms with Gasteiger partial charge in [0, 0.05) is 38.9 Å². The van der Waals surface area contributed by atoms with Gasteiger partial charge >= 0.3 is 5.97 Å². The average Bonchev–Trinajstić information content (AvgIpc) is 3.17. The first-order valence-corrected chi connectivity index (χ1v) is 11.8. The lowest BCUT2D eigenvalue weighted by Gasteiger charge is -2.32. The second-order valence-corrected chi connectivity index (χ2v) is 8.94. The highest BCUT2D eigenvalue weighted by atomic mass is 16.5. The largest absolute Gasteiger partial charge is 0.466 e. The first-order chi connectivity index (χ1) is 17.1. The third kappa shape index (κ3) is 5.83. The molecule has 36 heavy (non-hydrogen) atoms. The van der Waals surface area contributed by atoms with Gasteiger partial charge in [0.05, 0.1) is 30.6 Å². The first-order valence-electron chi connectivity index (χ1n) is 11.8. The fourth-order valence-electron chi connectivity index (χ4n) is 4.06. The molecule has 0 saturated carbocycles. The lowest BCUT2D eigenvalue weighted by molar-refractivity contribution is -0.143. The molecular formula is C26H35N7O3. The van der Waals surface area contributed by atoms with E-state index >= 15 is 0 Å². The Morgan fingerprint density at radius 3 is 2.50 bits per heavy atom. The van der Waals surface area contributed by atoms with E-state index in [-0.39, 0.29) is 24.1 Å². The van der Waals surface area contributed by atoms with Gasteiger partial charge in [-0.3, -0.25) is 20.3 Å². The number of benzene rings is 2. The molecule has 1 atom stereocenters. The standard InChI is InChI=1S/C26H35N7O3/c1-6-36-23(34)13-14-30-26(2,25(35)32(3)4)18-9-12-21-20(15-18)31-22(33(21)5)16-29-19-10-7-17(8-11-19)24(27)28/h7-12,15,29-30H,6,13-14,16H2,1-5H3,(H3,27,28). The molecule has 3 aromatic rings. The first kappa shape index (κ1) is 26.7. The molecule has 0 aliphatic heterocycles. The SMILES string of the molecule is CCOC(=O)CCNC(C)(C(=O)N(C)C)c1ccc2c(c1)nc(CNc1ccc(C(=N)N)cc1)n2C. The predicted molar refractivity (Wildman–Crippen MR) is 141 cm³/mol. The Morgan fingerprint density at radius 2 is 1.89 bits per heavy atom. The number of nitrogen functional groups attached to an aromatic ring is 1. The molecule has 0 fully saturated rings. The van der Waals surface area contributed by atoms with Crippen LogP contribution in [0.1, 0.15) is 37.2 Å². The van der Waals surface area contributed by atoms with Gasteiger partial charge in [0.25, 0.3) is 0 Å². The Bertz CT molecular complexity index is 1250. The topological polar surface area (TPSA) is 138 Å². The monoisotopic (exact) mass is 493 g/mol. The molecule has 0 saturated heterocycles. The zero-order valence-electron chi connectivity index (χ0n) is 21.5. The molecule has 0 bridgehead atoms. The number of imidazole rings is 1. The summed E-state index contributed by atoms with van der Waals surface area (Å²) in [5, 5.41) is 14.1. The molecule has 1 heterocycles. The minimum absolute atomic E-state index is 0.0304. The van der Waals surface area contributed by atoms with Gasteiger partial charge < -0.3 is 25.3 Å². The van der Waals surface area contributed by atoms with Crippen LogP contribution in [-0.4, -0.2) is 59.4 Å². The van der Waals surface area contributed by atoms with E-state index in [9.17, 15) is 9.59 Å². The fourth-order valence-corrected chi connectivity index (χ4v) is 4.06. The highest BCUT2D eigenvalue weighted by molar-refractivity contribution is 5.95. The van der Waals surface area contributed by atoms with Crippen LogP contribution in [0.4, 0.5) is 5.69 Å². The molecule has 1 aromatic heterocycles. The average molecular weight is 494 g/mol. The minimum atomic E-state index is -1.04. The Morgan fingerprint density at radius 1 is 1.19 bits per heavy atom. The van der Waals surface area contributed by atoms with Crippen molar-refractivity contribution in [1.82, 2.24) is 19.8 Å². The number of carbonyl (C=O) groups excluding carboxylic acids is 2. The number of hydrogen-bond donors (Lipinski definition) is 4. The molecule has 1 unspecified atom stereocenters. The summed E-state index contributed by atoms with van der Waals surface area (Å²) in [6.07, 6.45) is 0.166. The summed E-state index contributed by atoms with van der Waals surface area (Å²) in [5.41, 5.74) is 8.50. The maximum Gasteiger partial charge on any atom is 0.307 e. The number of aryl methyl sites for hydroxylation is 1. The summed E-state index contributed by atoms with van der Waals surface area (Å²) < 4.78 is 7.02. The van der Waals surface area contributed by atoms with E-state index in [0.717, 1.165) is 28.1 Å². The maximum atomic E-state index is 13.2. The summed E-state index contributed by atoms with van der Waals surface area (Å²) in [5.74, 6) is 0.423. The minimum Gasteiger partial charge on any atom is -0.466 e. The normalized spacial score (nSPS) is 12.7. The number of nitrogens with one attached hydrogen (secondary N) is 3. The molecule has 10 heteroatoms. The molecule has 0 aliphatic rings. The van der Waals surface area contributed by atoms with Crippen LogP contribution in [0.15, 0.2) is 42.5 Å². The van der Waals surface area contributed by atoms with Gasteiger partial charge in [0.15, 0.2) is 0 Å². The van der Waals surface area contributed by atoms with E-state index in [2.05, 4.69) is 10.6 Å². The van der Waals surface area contributed by atoms with Crippen LogP contribution < -0.4 is 16.4 Å². The number of amides is 1.